The van der Waals surface area contributed by atoms with E-state index in [2.05, 4.69) is 10.2 Å². The second-order valence-corrected chi connectivity index (χ2v) is 8.61. The lowest BCUT2D eigenvalue weighted by Crippen LogP contribution is -2.21. The number of aliphatic hydroxyl groups is 1. The molecule has 1 heterocycles. The molecule has 34 heavy (non-hydrogen) atoms. The fourth-order valence-corrected chi connectivity index (χ4v) is 4.22. The van der Waals surface area contributed by atoms with Gasteiger partial charge < -0.3 is 14.4 Å². The zero-order valence-corrected chi connectivity index (χ0v) is 19.1. The van der Waals surface area contributed by atoms with Crippen molar-refractivity contribution in [1.82, 2.24) is 14.8 Å². The first-order valence-electron chi connectivity index (χ1n) is 10.5. The van der Waals surface area contributed by atoms with Crippen molar-refractivity contribution in [2.45, 2.75) is 17.4 Å². The molecule has 4 aromatic rings. The minimum absolute atomic E-state index is 0.0234. The first-order chi connectivity index (χ1) is 16.4. The number of hydrogen-bond donors (Lipinski definition) is 1. The van der Waals surface area contributed by atoms with Gasteiger partial charge in [-0.1, -0.05) is 48.2 Å². The van der Waals surface area contributed by atoms with E-state index in [4.69, 9.17) is 4.74 Å². The molecule has 1 N–H and O–H groups in total. The molecular weight excluding hydrogens is 463 g/mol. The van der Waals surface area contributed by atoms with E-state index in [-0.39, 0.29) is 24.0 Å². The van der Waals surface area contributed by atoms with Crippen LogP contribution in [0.1, 0.15) is 17.2 Å². The third-order valence-electron chi connectivity index (χ3n) is 5.16. The highest BCUT2D eigenvalue weighted by Crippen LogP contribution is 2.28. The van der Waals surface area contributed by atoms with E-state index in [1.54, 1.807) is 54.1 Å². The Bertz CT molecular complexity index is 1190. The van der Waals surface area contributed by atoms with E-state index in [1.165, 1.54) is 42.1 Å². The van der Waals surface area contributed by atoms with Crippen molar-refractivity contribution in [1.29, 1.82) is 0 Å². The van der Waals surface area contributed by atoms with Crippen LogP contribution < -0.4 is 0 Å². The number of aromatic nitrogens is 3. The second kappa shape index (κ2) is 10.9. The normalized spacial score (nSPS) is 12.3. The fraction of sp³-hybridized carbons (Fsp3) is 0.200. The van der Waals surface area contributed by atoms with Crippen molar-refractivity contribution in [3.63, 3.8) is 0 Å². The molecule has 0 bridgehead atoms. The van der Waals surface area contributed by atoms with Gasteiger partial charge in [-0.25, -0.2) is 13.2 Å². The molecule has 176 valence electrons. The van der Waals surface area contributed by atoms with Crippen LogP contribution in [0.25, 0.3) is 11.4 Å². The lowest BCUT2D eigenvalue weighted by atomic mass is 10.0. The van der Waals surface area contributed by atoms with Gasteiger partial charge in [-0.15, -0.1) is 10.2 Å². The van der Waals surface area contributed by atoms with Crippen LogP contribution in [0.3, 0.4) is 0 Å². The molecule has 4 rings (SSSR count). The fourth-order valence-electron chi connectivity index (χ4n) is 3.40. The van der Waals surface area contributed by atoms with Crippen LogP contribution in [0.5, 0.6) is 0 Å². The SMILES string of the molecule is Cn1c(SC[C@H](O)COC(c2ccc(F)cc2)c2ccc(F)cc2)nnc1-c1ccccc1F. The molecule has 0 unspecified atom stereocenters. The molecule has 0 spiro atoms. The van der Waals surface area contributed by atoms with Crippen molar-refractivity contribution >= 4 is 11.8 Å². The molecule has 0 aliphatic carbocycles. The van der Waals surface area contributed by atoms with Gasteiger partial charge in [-0.2, -0.15) is 0 Å². The number of aliphatic hydroxyl groups excluding tert-OH is 1. The molecule has 3 aromatic carbocycles. The Kier molecular flexibility index (Phi) is 7.66. The first kappa shape index (κ1) is 24.0. The molecule has 0 radical (unpaired) electrons. The van der Waals surface area contributed by atoms with Gasteiger partial charge in [0.15, 0.2) is 11.0 Å². The van der Waals surface area contributed by atoms with Crippen molar-refractivity contribution < 1.29 is 23.0 Å². The van der Waals surface area contributed by atoms with E-state index in [1.807, 2.05) is 0 Å². The molecule has 0 saturated heterocycles. The Morgan fingerprint density at radius 1 is 0.882 bits per heavy atom. The molecule has 9 heteroatoms. The molecule has 1 aromatic heterocycles. The van der Waals surface area contributed by atoms with E-state index >= 15 is 0 Å². The number of halogens is 3. The van der Waals surface area contributed by atoms with Gasteiger partial charge in [0.05, 0.1) is 18.3 Å². The minimum Gasteiger partial charge on any atom is -0.390 e. The van der Waals surface area contributed by atoms with Crippen molar-refractivity contribution in [3.8, 4) is 11.4 Å². The smallest absolute Gasteiger partial charge is 0.191 e. The number of benzene rings is 3. The molecule has 5 nitrogen and oxygen atoms in total. The highest BCUT2D eigenvalue weighted by Gasteiger charge is 2.19. The van der Waals surface area contributed by atoms with E-state index in [0.717, 1.165) is 0 Å². The van der Waals surface area contributed by atoms with Crippen LogP contribution in [-0.2, 0) is 11.8 Å². The average Bonchev–Trinajstić information content (AvgIpc) is 3.20. The molecule has 1 atom stereocenters. The largest absolute Gasteiger partial charge is 0.390 e. The van der Waals surface area contributed by atoms with Gasteiger partial charge in [0.2, 0.25) is 0 Å². The Hall–Kier alpha value is -3.14. The first-order valence-corrected chi connectivity index (χ1v) is 11.5. The predicted molar refractivity (Wildman–Crippen MR) is 124 cm³/mol. The molecule has 0 saturated carbocycles. The monoisotopic (exact) mass is 485 g/mol. The number of ether oxygens (including phenoxy) is 1. The highest BCUT2D eigenvalue weighted by atomic mass is 32.2. The topological polar surface area (TPSA) is 60.2 Å². The maximum absolute atomic E-state index is 14.1. The summed E-state index contributed by atoms with van der Waals surface area (Å²) < 4.78 is 48.5. The van der Waals surface area contributed by atoms with Crippen LogP contribution in [-0.4, -0.2) is 38.3 Å². The standard InChI is InChI=1S/C25H22F3N3O2S/c1-31-24(21-4-2-3-5-22(21)28)29-30-25(31)34-15-20(32)14-33-23(16-6-10-18(26)11-7-16)17-8-12-19(27)13-9-17/h2-13,20,23,32H,14-15H2,1H3/t20-/m1/s1. The Morgan fingerprint density at radius 3 is 2.06 bits per heavy atom. The van der Waals surface area contributed by atoms with Crippen LogP contribution in [0.15, 0.2) is 78.0 Å². The van der Waals surface area contributed by atoms with Crippen LogP contribution >= 0.6 is 11.8 Å². The third kappa shape index (κ3) is 5.67. The summed E-state index contributed by atoms with van der Waals surface area (Å²) in [5.74, 6) is -0.509. The van der Waals surface area contributed by atoms with E-state index in [9.17, 15) is 18.3 Å². The Balaban J connectivity index is 1.41. The Labute approximate surface area is 199 Å². The van der Waals surface area contributed by atoms with Crippen molar-refractivity contribution in [3.05, 3.63) is 101 Å². The summed E-state index contributed by atoms with van der Waals surface area (Å²) in [6.07, 6.45) is -1.47. The predicted octanol–water partition coefficient (Wildman–Crippen LogP) is 5.16. The van der Waals surface area contributed by atoms with Gasteiger partial charge in [0.25, 0.3) is 0 Å². The van der Waals surface area contributed by atoms with Crippen LogP contribution in [0.2, 0.25) is 0 Å². The summed E-state index contributed by atoms with van der Waals surface area (Å²) in [5, 5.41) is 19.2. The van der Waals surface area contributed by atoms with Crippen molar-refractivity contribution in [2.24, 2.45) is 7.05 Å². The summed E-state index contributed by atoms with van der Waals surface area (Å²) in [6.45, 7) is -0.0234. The average molecular weight is 486 g/mol. The van der Waals surface area contributed by atoms with Gasteiger partial charge in [-0.3, -0.25) is 0 Å². The maximum Gasteiger partial charge on any atom is 0.191 e. The summed E-state index contributed by atoms with van der Waals surface area (Å²) in [5.41, 5.74) is 1.70. The van der Waals surface area contributed by atoms with Crippen LogP contribution in [0.4, 0.5) is 13.2 Å². The number of nitrogens with zero attached hydrogens (tertiary/aromatic N) is 3. The number of thioether (sulfide) groups is 1. The summed E-state index contributed by atoms with van der Waals surface area (Å²) in [6, 6.07) is 18.0. The minimum atomic E-state index is -0.859. The van der Waals surface area contributed by atoms with E-state index < -0.39 is 18.0 Å². The summed E-state index contributed by atoms with van der Waals surface area (Å²) >= 11 is 1.26. The maximum atomic E-state index is 14.1. The molecule has 0 aliphatic heterocycles. The highest BCUT2D eigenvalue weighted by molar-refractivity contribution is 7.99. The summed E-state index contributed by atoms with van der Waals surface area (Å²) in [4.78, 5) is 0. The lowest BCUT2D eigenvalue weighted by molar-refractivity contribution is 0.0154. The zero-order valence-electron chi connectivity index (χ0n) is 18.2. The molecule has 0 amide bonds. The summed E-state index contributed by atoms with van der Waals surface area (Å²) in [7, 11) is 1.73. The lowest BCUT2D eigenvalue weighted by Gasteiger charge is -2.21. The van der Waals surface area contributed by atoms with Gasteiger partial charge >= 0.3 is 0 Å². The van der Waals surface area contributed by atoms with Gasteiger partial charge in [-0.05, 0) is 47.5 Å². The van der Waals surface area contributed by atoms with Gasteiger partial charge in [0.1, 0.15) is 23.6 Å². The number of hydrogen-bond acceptors (Lipinski definition) is 5. The third-order valence-corrected chi connectivity index (χ3v) is 6.32. The molecular formula is C25H22F3N3O2S. The van der Waals surface area contributed by atoms with Crippen LogP contribution in [0, 0.1) is 17.5 Å². The molecule has 0 aliphatic rings. The Morgan fingerprint density at radius 2 is 1.47 bits per heavy atom. The van der Waals surface area contributed by atoms with Gasteiger partial charge in [0, 0.05) is 12.8 Å². The zero-order chi connectivity index (χ0) is 24.1. The van der Waals surface area contributed by atoms with Crippen molar-refractivity contribution in [2.75, 3.05) is 12.4 Å². The quantitative estimate of drug-likeness (QED) is 0.332. The van der Waals surface area contributed by atoms with E-state index in [0.29, 0.717) is 27.7 Å². The molecule has 0 fully saturated rings. The number of rotatable bonds is 9. The second-order valence-electron chi connectivity index (χ2n) is 7.63.